The molecule has 0 saturated carbocycles. The maximum Gasteiger partial charge on any atom is 0.338 e. The highest BCUT2D eigenvalue weighted by Gasteiger charge is 2.20. The number of fused-ring (bicyclic) bond motifs is 1. The second-order valence-corrected chi connectivity index (χ2v) is 8.85. The first-order valence-corrected chi connectivity index (χ1v) is 11.6. The number of nitriles is 1. The number of benzene rings is 1. The van der Waals surface area contributed by atoms with E-state index in [9.17, 15) is 14.9 Å². The van der Waals surface area contributed by atoms with Crippen molar-refractivity contribution in [2.75, 3.05) is 11.9 Å². The van der Waals surface area contributed by atoms with Gasteiger partial charge in [-0.05, 0) is 75.4 Å². The summed E-state index contributed by atoms with van der Waals surface area (Å²) in [7, 11) is 0. The first-order chi connectivity index (χ1) is 15.0. The van der Waals surface area contributed by atoms with Crippen molar-refractivity contribution in [1.82, 2.24) is 4.98 Å². The standard InChI is InChI=1S/C24H27N3O3S/c1-3-30-24(29)17-10-12-20(13-11-17)26-22(28)16(2)31-23-19(15-25)14-18-8-6-4-5-7-9-21(18)27-23/h10-14,16H,3-9H2,1-2H3,(H,26,28). The van der Waals surface area contributed by atoms with Crippen LogP contribution < -0.4 is 5.32 Å². The molecule has 2 aromatic rings. The zero-order valence-corrected chi connectivity index (χ0v) is 18.8. The van der Waals surface area contributed by atoms with E-state index in [0.29, 0.717) is 28.4 Å². The molecule has 1 aliphatic carbocycles. The van der Waals surface area contributed by atoms with Crippen LogP contribution in [0.3, 0.4) is 0 Å². The van der Waals surface area contributed by atoms with E-state index in [1.165, 1.54) is 30.2 Å². The van der Waals surface area contributed by atoms with E-state index in [4.69, 9.17) is 9.72 Å². The largest absolute Gasteiger partial charge is 0.462 e. The molecule has 1 unspecified atom stereocenters. The van der Waals surface area contributed by atoms with Crippen LogP contribution in [0.5, 0.6) is 0 Å². The Labute approximate surface area is 187 Å². The molecule has 6 nitrogen and oxygen atoms in total. The summed E-state index contributed by atoms with van der Waals surface area (Å²) in [5.74, 6) is -0.579. The fourth-order valence-electron chi connectivity index (χ4n) is 3.51. The van der Waals surface area contributed by atoms with E-state index >= 15 is 0 Å². The second kappa shape index (κ2) is 11.0. The van der Waals surface area contributed by atoms with Crippen LogP contribution in [-0.4, -0.2) is 28.7 Å². The Morgan fingerprint density at radius 3 is 2.58 bits per heavy atom. The number of rotatable bonds is 6. The molecule has 1 atom stereocenters. The molecule has 1 N–H and O–H groups in total. The molecule has 0 spiro atoms. The minimum Gasteiger partial charge on any atom is -0.462 e. The number of aromatic nitrogens is 1. The summed E-state index contributed by atoms with van der Waals surface area (Å²) >= 11 is 1.30. The Morgan fingerprint density at radius 2 is 1.90 bits per heavy atom. The van der Waals surface area contributed by atoms with E-state index in [2.05, 4.69) is 11.4 Å². The van der Waals surface area contributed by atoms with Crippen molar-refractivity contribution in [3.63, 3.8) is 0 Å². The third-order valence-corrected chi connectivity index (χ3v) is 6.31. The fourth-order valence-corrected chi connectivity index (χ4v) is 4.40. The maximum atomic E-state index is 12.7. The van der Waals surface area contributed by atoms with Gasteiger partial charge in [-0.25, -0.2) is 9.78 Å². The molecule has 7 heteroatoms. The number of thioether (sulfide) groups is 1. The van der Waals surface area contributed by atoms with Crippen molar-refractivity contribution >= 4 is 29.3 Å². The Morgan fingerprint density at radius 1 is 1.19 bits per heavy atom. The average Bonchev–Trinajstić information content (AvgIpc) is 2.75. The van der Waals surface area contributed by atoms with Gasteiger partial charge in [-0.2, -0.15) is 5.26 Å². The first kappa shape index (κ1) is 22.8. The molecule has 0 radical (unpaired) electrons. The molecular weight excluding hydrogens is 410 g/mol. The van der Waals surface area contributed by atoms with E-state index < -0.39 is 11.2 Å². The summed E-state index contributed by atoms with van der Waals surface area (Å²) < 4.78 is 4.97. The number of hydrogen-bond acceptors (Lipinski definition) is 6. The lowest BCUT2D eigenvalue weighted by Crippen LogP contribution is -2.23. The molecular formula is C24H27N3O3S. The van der Waals surface area contributed by atoms with Gasteiger partial charge in [0.15, 0.2) is 0 Å². The Balaban J connectivity index is 1.68. The Kier molecular flexibility index (Phi) is 8.07. The molecule has 31 heavy (non-hydrogen) atoms. The first-order valence-electron chi connectivity index (χ1n) is 10.7. The zero-order chi connectivity index (χ0) is 22.2. The molecule has 1 aromatic carbocycles. The van der Waals surface area contributed by atoms with Crippen molar-refractivity contribution < 1.29 is 14.3 Å². The molecule has 3 rings (SSSR count). The summed E-state index contributed by atoms with van der Waals surface area (Å²) in [6.07, 6.45) is 6.53. The molecule has 0 aliphatic heterocycles. The normalized spacial score (nSPS) is 14.4. The van der Waals surface area contributed by atoms with Gasteiger partial charge in [-0.1, -0.05) is 24.6 Å². The summed E-state index contributed by atoms with van der Waals surface area (Å²) in [5.41, 5.74) is 3.79. The Hall–Kier alpha value is -2.85. The SMILES string of the molecule is CCOC(=O)c1ccc(NC(=O)C(C)Sc2nc3c(cc2C#N)CCCCCC3)cc1. The third kappa shape index (κ3) is 6.08. The highest BCUT2D eigenvalue weighted by molar-refractivity contribution is 8.00. The summed E-state index contributed by atoms with van der Waals surface area (Å²) in [6, 6.07) is 10.8. The number of anilines is 1. The van der Waals surface area contributed by atoms with Crippen LogP contribution >= 0.6 is 11.8 Å². The third-order valence-electron chi connectivity index (χ3n) is 5.21. The molecule has 1 heterocycles. The van der Waals surface area contributed by atoms with Gasteiger partial charge in [-0.3, -0.25) is 4.79 Å². The van der Waals surface area contributed by atoms with Crippen molar-refractivity contribution in [3.8, 4) is 6.07 Å². The lowest BCUT2D eigenvalue weighted by atomic mass is 9.96. The van der Waals surface area contributed by atoms with E-state index in [1.54, 1.807) is 38.1 Å². The van der Waals surface area contributed by atoms with Crippen molar-refractivity contribution in [1.29, 1.82) is 5.26 Å². The summed E-state index contributed by atoms with van der Waals surface area (Å²) in [4.78, 5) is 29.2. The monoisotopic (exact) mass is 437 g/mol. The predicted octanol–water partition coefficient (Wildman–Crippen LogP) is 4.91. The number of nitrogens with zero attached hydrogens (tertiary/aromatic N) is 2. The van der Waals surface area contributed by atoms with Gasteiger partial charge in [0, 0.05) is 11.4 Å². The van der Waals surface area contributed by atoms with Gasteiger partial charge in [0.05, 0.1) is 23.0 Å². The van der Waals surface area contributed by atoms with E-state index in [1.807, 2.05) is 6.07 Å². The molecule has 162 valence electrons. The van der Waals surface area contributed by atoms with E-state index in [-0.39, 0.29) is 5.91 Å². The van der Waals surface area contributed by atoms with Crippen LogP contribution in [0.1, 0.15) is 66.7 Å². The molecule has 0 fully saturated rings. The molecule has 0 saturated heterocycles. The second-order valence-electron chi connectivity index (χ2n) is 7.52. The highest BCUT2D eigenvalue weighted by atomic mass is 32.2. The van der Waals surface area contributed by atoms with Gasteiger partial charge in [0.1, 0.15) is 11.1 Å². The number of amides is 1. The number of aryl methyl sites for hydroxylation is 2. The molecule has 1 aromatic heterocycles. The van der Waals surface area contributed by atoms with Crippen molar-refractivity contribution in [2.45, 2.75) is 62.6 Å². The number of ether oxygens (including phenoxy) is 1. The van der Waals surface area contributed by atoms with Crippen LogP contribution in [0.15, 0.2) is 35.4 Å². The fraction of sp³-hybridized carbons (Fsp3) is 0.417. The lowest BCUT2D eigenvalue weighted by molar-refractivity contribution is -0.115. The predicted molar refractivity (Wildman–Crippen MR) is 121 cm³/mol. The topological polar surface area (TPSA) is 92.1 Å². The van der Waals surface area contributed by atoms with Crippen LogP contribution in [-0.2, 0) is 22.4 Å². The van der Waals surface area contributed by atoms with Crippen LogP contribution in [0.2, 0.25) is 0 Å². The summed E-state index contributed by atoms with van der Waals surface area (Å²) in [6.45, 7) is 3.86. The van der Waals surface area contributed by atoms with Gasteiger partial charge < -0.3 is 10.1 Å². The van der Waals surface area contributed by atoms with E-state index in [0.717, 1.165) is 31.4 Å². The number of hydrogen-bond donors (Lipinski definition) is 1. The number of pyridine rings is 1. The lowest BCUT2D eigenvalue weighted by Gasteiger charge is -2.17. The van der Waals surface area contributed by atoms with Gasteiger partial charge >= 0.3 is 5.97 Å². The number of esters is 1. The number of nitrogens with one attached hydrogen (secondary N) is 1. The molecule has 1 amide bonds. The highest BCUT2D eigenvalue weighted by Crippen LogP contribution is 2.29. The van der Waals surface area contributed by atoms with Crippen LogP contribution in [0, 0.1) is 11.3 Å². The van der Waals surface area contributed by atoms with Gasteiger partial charge in [0.25, 0.3) is 0 Å². The minimum absolute atomic E-state index is 0.189. The Bertz CT molecular complexity index is 983. The number of carbonyl (C=O) groups is 2. The van der Waals surface area contributed by atoms with Crippen LogP contribution in [0.4, 0.5) is 5.69 Å². The zero-order valence-electron chi connectivity index (χ0n) is 17.9. The smallest absolute Gasteiger partial charge is 0.338 e. The molecule has 0 bridgehead atoms. The summed E-state index contributed by atoms with van der Waals surface area (Å²) in [5, 5.41) is 12.6. The molecule has 1 aliphatic rings. The number of carbonyl (C=O) groups excluding carboxylic acids is 2. The van der Waals surface area contributed by atoms with Gasteiger partial charge in [-0.15, -0.1) is 0 Å². The average molecular weight is 438 g/mol. The van der Waals surface area contributed by atoms with Gasteiger partial charge in [0.2, 0.25) is 5.91 Å². The maximum absolute atomic E-state index is 12.7. The van der Waals surface area contributed by atoms with Crippen molar-refractivity contribution in [2.24, 2.45) is 0 Å². The van der Waals surface area contributed by atoms with Crippen molar-refractivity contribution in [3.05, 3.63) is 52.7 Å². The quantitative estimate of drug-likeness (QED) is 0.510. The van der Waals surface area contributed by atoms with Crippen LogP contribution in [0.25, 0.3) is 0 Å². The minimum atomic E-state index is -0.434.